The van der Waals surface area contributed by atoms with Crippen LogP contribution >= 0.6 is 0 Å². The highest BCUT2D eigenvalue weighted by atomic mass is 32.2. The number of hydrogen-bond acceptors (Lipinski definition) is 4. The fourth-order valence-corrected chi connectivity index (χ4v) is 3.55. The third-order valence-electron chi connectivity index (χ3n) is 3.67. The molecular weight excluding hydrogens is 281 g/mol. The highest BCUT2D eigenvalue weighted by Gasteiger charge is 2.27. The summed E-state index contributed by atoms with van der Waals surface area (Å²) in [5.41, 5.74) is 6.72. The second-order valence-corrected chi connectivity index (χ2v) is 7.36. The lowest BCUT2D eigenvalue weighted by atomic mass is 9.91. The maximum Gasteiger partial charge on any atom is 0.211 e. The largest absolute Gasteiger partial charge is 0.323 e. The van der Waals surface area contributed by atoms with Crippen LogP contribution in [0, 0.1) is 11.7 Å². The molecule has 1 aromatic heterocycles. The van der Waals surface area contributed by atoms with Gasteiger partial charge in [0.1, 0.15) is 5.82 Å². The monoisotopic (exact) mass is 301 g/mol. The molecule has 1 saturated heterocycles. The summed E-state index contributed by atoms with van der Waals surface area (Å²) in [6.07, 6.45) is 4.85. The summed E-state index contributed by atoms with van der Waals surface area (Å²) in [5.74, 6) is -0.165. The fourth-order valence-electron chi connectivity index (χ4n) is 2.61. The lowest BCUT2D eigenvalue weighted by molar-refractivity contribution is 0.246. The summed E-state index contributed by atoms with van der Waals surface area (Å²) in [7, 11) is -3.14. The molecule has 2 N–H and O–H groups in total. The van der Waals surface area contributed by atoms with E-state index in [0.717, 1.165) is 19.0 Å². The number of hydrogen-bond donors (Lipinski definition) is 1. The Morgan fingerprint density at radius 2 is 2.30 bits per heavy atom. The maximum absolute atomic E-state index is 12.8. The number of nitrogens with two attached hydrogens (primary N) is 1. The number of sulfonamides is 1. The topological polar surface area (TPSA) is 76.3 Å². The molecule has 20 heavy (non-hydrogen) atoms. The van der Waals surface area contributed by atoms with Gasteiger partial charge in [0.05, 0.1) is 18.1 Å². The lowest BCUT2D eigenvalue weighted by Crippen LogP contribution is -2.40. The summed E-state index contributed by atoms with van der Waals surface area (Å²) < 4.78 is 37.5. The van der Waals surface area contributed by atoms with Crippen LogP contribution in [0.3, 0.4) is 0 Å². The van der Waals surface area contributed by atoms with E-state index >= 15 is 0 Å². The molecule has 5 nitrogen and oxygen atoms in total. The van der Waals surface area contributed by atoms with Crippen molar-refractivity contribution in [3.05, 3.63) is 29.8 Å². The molecule has 0 saturated carbocycles. The van der Waals surface area contributed by atoms with Gasteiger partial charge in [-0.1, -0.05) is 0 Å². The first-order chi connectivity index (χ1) is 9.36. The third-order valence-corrected chi connectivity index (χ3v) is 4.94. The molecule has 7 heteroatoms. The zero-order chi connectivity index (χ0) is 14.8. The van der Waals surface area contributed by atoms with Crippen molar-refractivity contribution in [3.63, 3.8) is 0 Å². The number of rotatable bonds is 4. The van der Waals surface area contributed by atoms with Crippen molar-refractivity contribution in [1.29, 1.82) is 0 Å². The smallest absolute Gasteiger partial charge is 0.211 e. The summed E-state index contributed by atoms with van der Waals surface area (Å²) in [4.78, 5) is 3.98. The highest BCUT2D eigenvalue weighted by Crippen LogP contribution is 2.26. The minimum absolute atomic E-state index is 0.223. The van der Waals surface area contributed by atoms with Crippen molar-refractivity contribution in [2.45, 2.75) is 25.3 Å². The number of aromatic nitrogens is 1. The molecule has 0 aromatic carbocycles. The van der Waals surface area contributed by atoms with Crippen LogP contribution in [0.1, 0.15) is 31.0 Å². The van der Waals surface area contributed by atoms with Crippen LogP contribution in [0.4, 0.5) is 4.39 Å². The van der Waals surface area contributed by atoms with Crippen LogP contribution in [0.2, 0.25) is 0 Å². The predicted molar refractivity (Wildman–Crippen MR) is 74.9 cm³/mol. The van der Waals surface area contributed by atoms with Gasteiger partial charge >= 0.3 is 0 Å². The van der Waals surface area contributed by atoms with Gasteiger partial charge in [-0.05, 0) is 37.3 Å². The number of nitrogens with zero attached hydrogens (tertiary/aromatic N) is 2. The number of piperidine rings is 1. The van der Waals surface area contributed by atoms with E-state index < -0.39 is 10.0 Å². The average molecular weight is 301 g/mol. The van der Waals surface area contributed by atoms with E-state index in [1.165, 1.54) is 16.6 Å². The Morgan fingerprint density at radius 1 is 1.55 bits per heavy atom. The molecule has 2 rings (SSSR count). The van der Waals surface area contributed by atoms with Crippen LogP contribution in [0.15, 0.2) is 18.3 Å². The molecule has 1 aromatic rings. The molecule has 0 aliphatic carbocycles. The first kappa shape index (κ1) is 15.3. The minimum atomic E-state index is -3.14. The van der Waals surface area contributed by atoms with Crippen LogP contribution in [-0.4, -0.2) is 37.1 Å². The zero-order valence-corrected chi connectivity index (χ0v) is 12.3. The van der Waals surface area contributed by atoms with Crippen molar-refractivity contribution in [2.24, 2.45) is 11.7 Å². The number of pyridine rings is 1. The molecule has 0 bridgehead atoms. The van der Waals surface area contributed by atoms with Gasteiger partial charge < -0.3 is 5.73 Å². The maximum atomic E-state index is 12.8. The molecule has 2 atom stereocenters. The van der Waals surface area contributed by atoms with Crippen molar-refractivity contribution in [2.75, 3.05) is 19.3 Å². The highest BCUT2D eigenvalue weighted by molar-refractivity contribution is 7.88. The SMILES string of the molecule is CS(=O)(=O)N1CCCC(CC(N)c2ccc(F)cn2)C1. The van der Waals surface area contributed by atoms with Crippen molar-refractivity contribution in [1.82, 2.24) is 9.29 Å². The first-order valence-corrected chi connectivity index (χ1v) is 8.53. The van der Waals surface area contributed by atoms with E-state index in [1.807, 2.05) is 0 Å². The standard InChI is InChI=1S/C13H20FN3O2S/c1-20(18,19)17-6-2-3-10(9-17)7-12(15)13-5-4-11(14)8-16-13/h4-5,8,10,12H,2-3,6-7,9,15H2,1H3. The number of halogens is 1. The fraction of sp³-hybridized carbons (Fsp3) is 0.615. The van der Waals surface area contributed by atoms with Crippen molar-refractivity contribution >= 4 is 10.0 Å². The van der Waals surface area contributed by atoms with Crippen molar-refractivity contribution in [3.8, 4) is 0 Å². The lowest BCUT2D eigenvalue weighted by Gasteiger charge is -2.32. The van der Waals surface area contributed by atoms with Gasteiger partial charge in [0, 0.05) is 19.1 Å². The molecule has 1 aliphatic heterocycles. The Labute approximate surface area is 119 Å². The van der Waals surface area contributed by atoms with Gasteiger partial charge in [-0.25, -0.2) is 17.1 Å². The predicted octanol–water partition coefficient (Wildman–Crippen LogP) is 1.28. The van der Waals surface area contributed by atoms with E-state index in [-0.39, 0.29) is 17.8 Å². The summed E-state index contributed by atoms with van der Waals surface area (Å²) in [6.45, 7) is 1.09. The Hall–Kier alpha value is -1.05. The minimum Gasteiger partial charge on any atom is -0.323 e. The van der Waals surface area contributed by atoms with Crippen LogP contribution in [0.25, 0.3) is 0 Å². The molecule has 1 aliphatic rings. The molecule has 2 heterocycles. The molecular formula is C13H20FN3O2S. The molecule has 0 amide bonds. The van der Waals surface area contributed by atoms with Gasteiger partial charge in [0.15, 0.2) is 0 Å². The van der Waals surface area contributed by atoms with Gasteiger partial charge in [0.25, 0.3) is 0 Å². The van der Waals surface area contributed by atoms with Crippen LogP contribution in [0.5, 0.6) is 0 Å². The van der Waals surface area contributed by atoms with E-state index in [0.29, 0.717) is 25.2 Å². The summed E-state index contributed by atoms with van der Waals surface area (Å²) >= 11 is 0. The Balaban J connectivity index is 1.97. The third kappa shape index (κ3) is 3.97. The average Bonchev–Trinajstić information content (AvgIpc) is 2.38. The molecule has 0 spiro atoms. The van der Waals surface area contributed by atoms with Crippen molar-refractivity contribution < 1.29 is 12.8 Å². The molecule has 1 fully saturated rings. The summed E-state index contributed by atoms with van der Waals surface area (Å²) in [6, 6.07) is 2.63. The Bertz CT molecular complexity index is 547. The van der Waals surface area contributed by atoms with Gasteiger partial charge in [0.2, 0.25) is 10.0 Å². The first-order valence-electron chi connectivity index (χ1n) is 6.68. The van der Waals surface area contributed by atoms with E-state index in [1.54, 1.807) is 6.07 Å². The Kier molecular flexibility index (Phi) is 4.72. The zero-order valence-electron chi connectivity index (χ0n) is 11.5. The molecule has 0 radical (unpaired) electrons. The van der Waals surface area contributed by atoms with E-state index in [4.69, 9.17) is 5.73 Å². The van der Waals surface area contributed by atoms with Gasteiger partial charge in [-0.15, -0.1) is 0 Å². The second-order valence-electron chi connectivity index (χ2n) is 5.37. The molecule has 112 valence electrons. The van der Waals surface area contributed by atoms with Crippen LogP contribution in [-0.2, 0) is 10.0 Å². The normalized spacial score (nSPS) is 22.6. The molecule has 2 unspecified atom stereocenters. The van der Waals surface area contributed by atoms with E-state index in [9.17, 15) is 12.8 Å². The quantitative estimate of drug-likeness (QED) is 0.909. The van der Waals surface area contributed by atoms with Gasteiger partial charge in [-0.2, -0.15) is 0 Å². The summed E-state index contributed by atoms with van der Waals surface area (Å²) in [5, 5.41) is 0. The van der Waals surface area contributed by atoms with Gasteiger partial charge in [-0.3, -0.25) is 4.98 Å². The van der Waals surface area contributed by atoms with E-state index in [2.05, 4.69) is 4.98 Å². The Morgan fingerprint density at radius 3 is 2.90 bits per heavy atom. The second kappa shape index (κ2) is 6.15. The van der Waals surface area contributed by atoms with Crippen LogP contribution < -0.4 is 5.73 Å².